The average Bonchev–Trinajstić information content (AvgIpc) is 2.80. The van der Waals surface area contributed by atoms with E-state index in [1.54, 1.807) is 6.07 Å². The van der Waals surface area contributed by atoms with E-state index in [1.807, 2.05) is 36.1 Å². The number of hydrogen-bond donors (Lipinski definition) is 4. The Morgan fingerprint density at radius 2 is 2.05 bits per heavy atom. The summed E-state index contributed by atoms with van der Waals surface area (Å²) in [5.41, 5.74) is 15.6. The van der Waals surface area contributed by atoms with Gasteiger partial charge < -0.3 is 26.2 Å². The fourth-order valence-electron chi connectivity index (χ4n) is 2.09. The predicted octanol–water partition coefficient (Wildman–Crippen LogP) is 0.752. The lowest BCUT2D eigenvalue weighted by Crippen LogP contribution is -2.15. The molecule has 0 saturated heterocycles. The number of nitrogen functional groups attached to an aromatic ring is 2. The molecule has 5 nitrogen and oxygen atoms in total. The van der Waals surface area contributed by atoms with E-state index in [2.05, 4.69) is 0 Å². The van der Waals surface area contributed by atoms with Gasteiger partial charge in [0, 0.05) is 37.0 Å². The van der Waals surface area contributed by atoms with Crippen LogP contribution in [0.2, 0.25) is 0 Å². The molecule has 0 aliphatic carbocycles. The summed E-state index contributed by atoms with van der Waals surface area (Å²) in [6, 6.07) is 5.60. The molecule has 0 fully saturated rings. The molecule has 0 aliphatic rings. The Balaban J connectivity index is 2.42. The van der Waals surface area contributed by atoms with Crippen molar-refractivity contribution in [3.63, 3.8) is 0 Å². The Bertz CT molecular complexity index is 578. The molecule has 0 bridgehead atoms. The number of nitrogens with zero attached hydrogens (tertiary/aromatic N) is 1. The van der Waals surface area contributed by atoms with Crippen molar-refractivity contribution in [3.8, 4) is 11.1 Å². The van der Waals surface area contributed by atoms with Crippen molar-refractivity contribution >= 4 is 11.4 Å². The topological polar surface area (TPSA) is 97.4 Å². The number of hydrogen-bond acceptors (Lipinski definition) is 4. The van der Waals surface area contributed by atoms with Crippen molar-refractivity contribution in [2.45, 2.75) is 12.5 Å². The monoisotopic (exact) mass is 261 g/mol. The van der Waals surface area contributed by atoms with Crippen LogP contribution in [0.4, 0.5) is 11.4 Å². The molecule has 0 amide bonds. The SMILES string of the molecule is Cn1ccc(-c2cc(CC(O)CO)cc(N)c2N)c1. The fraction of sp³-hybridized carbons (Fsp3) is 0.286. The second-order valence-corrected chi connectivity index (χ2v) is 4.75. The molecule has 5 heteroatoms. The summed E-state index contributed by atoms with van der Waals surface area (Å²) in [5, 5.41) is 18.4. The Kier molecular flexibility index (Phi) is 3.78. The normalized spacial score (nSPS) is 12.6. The maximum Gasteiger partial charge on any atom is 0.0811 e. The first kappa shape index (κ1) is 13.5. The van der Waals surface area contributed by atoms with Crippen molar-refractivity contribution in [1.29, 1.82) is 0 Å². The van der Waals surface area contributed by atoms with Crippen molar-refractivity contribution in [1.82, 2.24) is 4.57 Å². The van der Waals surface area contributed by atoms with E-state index in [0.29, 0.717) is 17.8 Å². The standard InChI is InChI=1S/C14H19N3O2/c1-17-3-2-10(7-17)12-5-9(4-11(19)8-18)6-13(15)14(12)16/h2-3,5-7,11,18-19H,4,8,15-16H2,1H3. The zero-order valence-electron chi connectivity index (χ0n) is 10.9. The fourth-order valence-corrected chi connectivity index (χ4v) is 2.09. The second kappa shape index (κ2) is 5.34. The maximum atomic E-state index is 9.51. The van der Waals surface area contributed by atoms with Crippen LogP contribution in [-0.2, 0) is 13.5 Å². The highest BCUT2D eigenvalue weighted by molar-refractivity contribution is 5.85. The molecule has 0 aliphatic heterocycles. The van der Waals surface area contributed by atoms with Crippen LogP contribution in [0.5, 0.6) is 0 Å². The van der Waals surface area contributed by atoms with Gasteiger partial charge in [0.25, 0.3) is 0 Å². The third kappa shape index (κ3) is 2.89. The summed E-state index contributed by atoms with van der Waals surface area (Å²) in [4.78, 5) is 0. The molecule has 1 heterocycles. The van der Waals surface area contributed by atoms with E-state index in [1.165, 1.54) is 0 Å². The first-order valence-electron chi connectivity index (χ1n) is 6.10. The molecule has 1 atom stereocenters. The number of aromatic nitrogens is 1. The lowest BCUT2D eigenvalue weighted by Gasteiger charge is -2.13. The van der Waals surface area contributed by atoms with Crippen LogP contribution >= 0.6 is 0 Å². The summed E-state index contributed by atoms with van der Waals surface area (Å²) < 4.78 is 1.93. The second-order valence-electron chi connectivity index (χ2n) is 4.75. The minimum absolute atomic E-state index is 0.273. The molecule has 0 radical (unpaired) electrons. The highest BCUT2D eigenvalue weighted by atomic mass is 16.3. The van der Waals surface area contributed by atoms with Crippen molar-refractivity contribution in [3.05, 3.63) is 36.2 Å². The highest BCUT2D eigenvalue weighted by Gasteiger charge is 2.11. The van der Waals surface area contributed by atoms with Gasteiger partial charge in [0.15, 0.2) is 0 Å². The zero-order chi connectivity index (χ0) is 14.0. The van der Waals surface area contributed by atoms with Crippen LogP contribution in [0.25, 0.3) is 11.1 Å². The zero-order valence-corrected chi connectivity index (χ0v) is 10.9. The first-order chi connectivity index (χ1) is 9.01. The number of anilines is 2. The van der Waals surface area contributed by atoms with Gasteiger partial charge in [-0.25, -0.2) is 0 Å². The van der Waals surface area contributed by atoms with Crippen LogP contribution in [0, 0.1) is 0 Å². The van der Waals surface area contributed by atoms with E-state index in [0.717, 1.165) is 16.7 Å². The molecular weight excluding hydrogens is 242 g/mol. The van der Waals surface area contributed by atoms with E-state index in [-0.39, 0.29) is 6.61 Å². The summed E-state index contributed by atoms with van der Waals surface area (Å²) in [6.45, 7) is -0.273. The molecular formula is C14H19N3O2. The van der Waals surface area contributed by atoms with Gasteiger partial charge in [-0.1, -0.05) is 0 Å². The van der Waals surface area contributed by atoms with Gasteiger partial charge in [-0.15, -0.1) is 0 Å². The number of aryl methyl sites for hydroxylation is 1. The van der Waals surface area contributed by atoms with Gasteiger partial charge in [0.2, 0.25) is 0 Å². The number of rotatable bonds is 4. The third-order valence-corrected chi connectivity index (χ3v) is 3.10. The van der Waals surface area contributed by atoms with Crippen molar-refractivity contribution in [2.75, 3.05) is 18.1 Å². The lowest BCUT2D eigenvalue weighted by molar-refractivity contribution is 0.0955. The summed E-state index contributed by atoms with van der Waals surface area (Å²) in [6.07, 6.45) is 3.45. The highest BCUT2D eigenvalue weighted by Crippen LogP contribution is 2.32. The van der Waals surface area contributed by atoms with E-state index >= 15 is 0 Å². The molecule has 2 aromatic rings. The number of nitrogens with two attached hydrogens (primary N) is 2. The summed E-state index contributed by atoms with van der Waals surface area (Å²) >= 11 is 0. The van der Waals surface area contributed by atoms with Gasteiger partial charge in [0.1, 0.15) is 0 Å². The third-order valence-electron chi connectivity index (χ3n) is 3.10. The smallest absolute Gasteiger partial charge is 0.0811 e. The van der Waals surface area contributed by atoms with Crippen LogP contribution < -0.4 is 11.5 Å². The molecule has 0 saturated carbocycles. The van der Waals surface area contributed by atoms with Crippen molar-refractivity contribution in [2.24, 2.45) is 7.05 Å². The van der Waals surface area contributed by atoms with Gasteiger partial charge >= 0.3 is 0 Å². The van der Waals surface area contributed by atoms with Crippen molar-refractivity contribution < 1.29 is 10.2 Å². The minimum Gasteiger partial charge on any atom is -0.397 e. The van der Waals surface area contributed by atoms with Gasteiger partial charge in [0.05, 0.1) is 24.1 Å². The molecule has 6 N–H and O–H groups in total. The first-order valence-corrected chi connectivity index (χ1v) is 6.10. The molecule has 102 valence electrons. The summed E-state index contributed by atoms with van der Waals surface area (Å²) in [5.74, 6) is 0. The van der Waals surface area contributed by atoms with E-state index < -0.39 is 6.10 Å². The van der Waals surface area contributed by atoms with E-state index in [4.69, 9.17) is 16.6 Å². The van der Waals surface area contributed by atoms with E-state index in [9.17, 15) is 5.11 Å². The van der Waals surface area contributed by atoms with Gasteiger partial charge in [-0.05, 0) is 23.8 Å². The molecule has 0 spiro atoms. The molecule has 1 unspecified atom stereocenters. The quantitative estimate of drug-likeness (QED) is 0.611. The summed E-state index contributed by atoms with van der Waals surface area (Å²) in [7, 11) is 1.93. The Hall–Kier alpha value is -1.98. The van der Waals surface area contributed by atoms with Crippen LogP contribution in [-0.4, -0.2) is 27.5 Å². The number of aliphatic hydroxyl groups excluding tert-OH is 2. The Morgan fingerprint density at radius 3 is 2.63 bits per heavy atom. The van der Waals surface area contributed by atoms with Gasteiger partial charge in [-0.2, -0.15) is 0 Å². The Morgan fingerprint density at radius 1 is 1.32 bits per heavy atom. The predicted molar refractivity (Wildman–Crippen MR) is 76.5 cm³/mol. The Labute approximate surface area is 112 Å². The maximum absolute atomic E-state index is 9.51. The molecule has 1 aromatic heterocycles. The number of aliphatic hydroxyl groups is 2. The van der Waals surface area contributed by atoms with Crippen LogP contribution in [0.15, 0.2) is 30.6 Å². The average molecular weight is 261 g/mol. The molecule has 2 rings (SSSR count). The molecule has 19 heavy (non-hydrogen) atoms. The molecule has 1 aromatic carbocycles. The van der Waals surface area contributed by atoms with Gasteiger partial charge in [-0.3, -0.25) is 0 Å². The largest absolute Gasteiger partial charge is 0.397 e. The minimum atomic E-state index is -0.786. The number of benzene rings is 1. The lowest BCUT2D eigenvalue weighted by atomic mass is 9.99. The van der Waals surface area contributed by atoms with Crippen LogP contribution in [0.1, 0.15) is 5.56 Å². The van der Waals surface area contributed by atoms with Crippen LogP contribution in [0.3, 0.4) is 0 Å².